The van der Waals surface area contributed by atoms with Crippen LogP contribution in [0.2, 0.25) is 0 Å². The summed E-state index contributed by atoms with van der Waals surface area (Å²) in [5.74, 6) is 0. The summed E-state index contributed by atoms with van der Waals surface area (Å²) >= 11 is 0. The van der Waals surface area contributed by atoms with Crippen LogP contribution in [0, 0.1) is 19.3 Å². The maximum atomic E-state index is 12.3. The third-order valence-electron chi connectivity index (χ3n) is 4.62. The minimum atomic E-state index is -3.89. The molecule has 0 amide bonds. The zero-order valence-electron chi connectivity index (χ0n) is 15.2. The first kappa shape index (κ1) is 20.0. The van der Waals surface area contributed by atoms with Crippen LogP contribution in [0.4, 0.5) is 0 Å². The Morgan fingerprint density at radius 2 is 1.04 bits per heavy atom. The van der Waals surface area contributed by atoms with Crippen LogP contribution in [0.5, 0.6) is 0 Å². The molecule has 1 aliphatic carbocycles. The van der Waals surface area contributed by atoms with Crippen LogP contribution >= 0.6 is 0 Å². The Kier molecular flexibility index (Phi) is 5.45. The molecule has 0 heterocycles. The van der Waals surface area contributed by atoms with Crippen molar-refractivity contribution in [1.82, 2.24) is 0 Å². The lowest BCUT2D eigenvalue weighted by Crippen LogP contribution is -2.22. The van der Waals surface area contributed by atoms with Gasteiger partial charge in [0.2, 0.25) is 0 Å². The highest BCUT2D eigenvalue weighted by molar-refractivity contribution is 7.87. The Labute approximate surface area is 160 Å². The van der Waals surface area contributed by atoms with Gasteiger partial charge in [-0.05, 0) is 51.0 Å². The van der Waals surface area contributed by atoms with Crippen LogP contribution in [-0.4, -0.2) is 30.0 Å². The summed E-state index contributed by atoms with van der Waals surface area (Å²) in [4.78, 5) is 0.161. The maximum absolute atomic E-state index is 12.3. The van der Waals surface area contributed by atoms with Gasteiger partial charge in [-0.3, -0.25) is 8.37 Å². The van der Waals surface area contributed by atoms with Gasteiger partial charge in [0.1, 0.15) is 0 Å². The second kappa shape index (κ2) is 7.35. The Morgan fingerprint density at radius 1 is 0.704 bits per heavy atom. The second-order valence-corrected chi connectivity index (χ2v) is 10.3. The van der Waals surface area contributed by atoms with Crippen molar-refractivity contribution in [2.45, 2.75) is 36.5 Å². The molecular formula is C19H22O6S2. The van der Waals surface area contributed by atoms with Crippen molar-refractivity contribution in [2.24, 2.45) is 5.41 Å². The van der Waals surface area contributed by atoms with Crippen LogP contribution in [0.3, 0.4) is 0 Å². The average Bonchev–Trinajstić information content (AvgIpc) is 3.40. The van der Waals surface area contributed by atoms with Crippen LogP contribution in [0.15, 0.2) is 58.3 Å². The molecule has 0 N–H and O–H groups in total. The van der Waals surface area contributed by atoms with E-state index in [0.717, 1.165) is 11.1 Å². The highest BCUT2D eigenvalue weighted by Gasteiger charge is 2.46. The molecule has 0 bridgehead atoms. The zero-order valence-corrected chi connectivity index (χ0v) is 16.8. The Balaban J connectivity index is 1.61. The molecule has 3 rings (SSSR count). The van der Waals surface area contributed by atoms with Gasteiger partial charge in [0, 0.05) is 5.41 Å². The van der Waals surface area contributed by atoms with E-state index in [1.165, 1.54) is 24.3 Å². The number of aryl methyl sites for hydroxylation is 2. The molecule has 0 spiro atoms. The Hall–Kier alpha value is -1.74. The minimum absolute atomic E-state index is 0.0806. The molecule has 0 aliphatic heterocycles. The zero-order chi connectivity index (χ0) is 19.7. The molecule has 1 fully saturated rings. The molecule has 1 aliphatic rings. The topological polar surface area (TPSA) is 86.7 Å². The smallest absolute Gasteiger partial charge is 0.266 e. The fraction of sp³-hybridized carbons (Fsp3) is 0.368. The molecule has 1 saturated carbocycles. The maximum Gasteiger partial charge on any atom is 0.296 e. The SMILES string of the molecule is Cc1ccc(S(=O)(=O)OCC2(COS(=O)(=O)c3ccc(C)cc3)CC2)cc1. The van der Waals surface area contributed by atoms with E-state index in [1.807, 2.05) is 13.8 Å². The third kappa shape index (κ3) is 4.95. The van der Waals surface area contributed by atoms with E-state index in [-0.39, 0.29) is 23.0 Å². The average molecular weight is 411 g/mol. The van der Waals surface area contributed by atoms with E-state index in [0.29, 0.717) is 12.8 Å². The van der Waals surface area contributed by atoms with Crippen molar-refractivity contribution in [1.29, 1.82) is 0 Å². The third-order valence-corrected chi connectivity index (χ3v) is 7.17. The van der Waals surface area contributed by atoms with Crippen molar-refractivity contribution in [3.05, 3.63) is 59.7 Å². The second-order valence-electron chi connectivity index (χ2n) is 7.06. The Morgan fingerprint density at radius 3 is 1.33 bits per heavy atom. The molecule has 0 unspecified atom stereocenters. The van der Waals surface area contributed by atoms with Gasteiger partial charge in [0.25, 0.3) is 20.2 Å². The fourth-order valence-corrected chi connectivity index (χ4v) is 4.48. The number of hydrogen-bond donors (Lipinski definition) is 0. The molecule has 0 saturated heterocycles. The largest absolute Gasteiger partial charge is 0.296 e. The predicted molar refractivity (Wildman–Crippen MR) is 100 cm³/mol. The van der Waals surface area contributed by atoms with E-state index in [1.54, 1.807) is 24.3 Å². The standard InChI is InChI=1S/C19H22O6S2/c1-15-3-7-17(8-4-15)26(20,21)24-13-19(11-12-19)14-25-27(22,23)18-9-5-16(2)6-10-18/h3-10H,11-14H2,1-2H3. The summed E-state index contributed by atoms with van der Waals surface area (Å²) in [5, 5.41) is 0. The first-order valence-corrected chi connectivity index (χ1v) is 11.4. The van der Waals surface area contributed by atoms with Gasteiger partial charge in [0.05, 0.1) is 23.0 Å². The van der Waals surface area contributed by atoms with E-state index in [9.17, 15) is 16.8 Å². The minimum Gasteiger partial charge on any atom is -0.266 e. The molecule has 27 heavy (non-hydrogen) atoms. The van der Waals surface area contributed by atoms with Gasteiger partial charge in [-0.15, -0.1) is 0 Å². The molecule has 2 aromatic rings. The first-order valence-electron chi connectivity index (χ1n) is 8.54. The van der Waals surface area contributed by atoms with Gasteiger partial charge in [0.15, 0.2) is 0 Å². The molecule has 0 aromatic heterocycles. The van der Waals surface area contributed by atoms with Crippen molar-refractivity contribution in [3.8, 4) is 0 Å². The lowest BCUT2D eigenvalue weighted by atomic mass is 10.1. The highest BCUT2D eigenvalue weighted by atomic mass is 32.2. The van der Waals surface area contributed by atoms with E-state index in [2.05, 4.69) is 0 Å². The van der Waals surface area contributed by atoms with Crippen molar-refractivity contribution >= 4 is 20.2 Å². The van der Waals surface area contributed by atoms with Gasteiger partial charge in [-0.25, -0.2) is 0 Å². The molecule has 0 atom stereocenters. The summed E-state index contributed by atoms with van der Waals surface area (Å²) in [6.07, 6.45) is 1.31. The van der Waals surface area contributed by atoms with E-state index in [4.69, 9.17) is 8.37 Å². The molecular weight excluding hydrogens is 388 g/mol. The quantitative estimate of drug-likeness (QED) is 0.621. The van der Waals surface area contributed by atoms with E-state index >= 15 is 0 Å². The number of benzene rings is 2. The van der Waals surface area contributed by atoms with Crippen molar-refractivity contribution in [2.75, 3.05) is 13.2 Å². The van der Waals surface area contributed by atoms with Crippen LogP contribution in [-0.2, 0) is 28.6 Å². The molecule has 6 nitrogen and oxygen atoms in total. The number of rotatable bonds is 8. The van der Waals surface area contributed by atoms with Crippen LogP contribution in [0.25, 0.3) is 0 Å². The van der Waals surface area contributed by atoms with Gasteiger partial charge in [-0.1, -0.05) is 35.4 Å². The first-order chi connectivity index (χ1) is 12.6. The van der Waals surface area contributed by atoms with Crippen molar-refractivity contribution in [3.63, 3.8) is 0 Å². The highest BCUT2D eigenvalue weighted by Crippen LogP contribution is 2.47. The molecule has 0 radical (unpaired) electrons. The fourth-order valence-electron chi connectivity index (χ4n) is 2.46. The summed E-state index contributed by atoms with van der Waals surface area (Å²) in [6, 6.07) is 12.7. The Bertz CT molecular complexity index is 921. The predicted octanol–water partition coefficient (Wildman–Crippen LogP) is 3.19. The lowest BCUT2D eigenvalue weighted by Gasteiger charge is -2.15. The lowest BCUT2D eigenvalue weighted by molar-refractivity contribution is 0.168. The van der Waals surface area contributed by atoms with Gasteiger partial charge < -0.3 is 0 Å². The van der Waals surface area contributed by atoms with Crippen molar-refractivity contribution < 1.29 is 25.2 Å². The molecule has 2 aromatic carbocycles. The molecule has 146 valence electrons. The summed E-state index contributed by atoms with van der Waals surface area (Å²) in [6.45, 7) is 3.52. The summed E-state index contributed by atoms with van der Waals surface area (Å²) < 4.78 is 59.5. The van der Waals surface area contributed by atoms with Gasteiger partial charge in [-0.2, -0.15) is 16.8 Å². The van der Waals surface area contributed by atoms with Crippen LogP contribution < -0.4 is 0 Å². The van der Waals surface area contributed by atoms with Gasteiger partial charge >= 0.3 is 0 Å². The normalized spacial score (nSPS) is 16.2. The van der Waals surface area contributed by atoms with Crippen LogP contribution in [0.1, 0.15) is 24.0 Å². The summed E-state index contributed by atoms with van der Waals surface area (Å²) in [5.41, 5.74) is 1.31. The monoisotopic (exact) mass is 410 g/mol. The number of hydrogen-bond acceptors (Lipinski definition) is 6. The molecule has 8 heteroatoms. The van der Waals surface area contributed by atoms with E-state index < -0.39 is 25.7 Å². The summed E-state index contributed by atoms with van der Waals surface area (Å²) in [7, 11) is -7.77.